The molecular weight excluding hydrogens is 239 g/mol. The average molecular weight is 254 g/mol. The zero-order valence-electron chi connectivity index (χ0n) is 9.94. The highest BCUT2D eigenvalue weighted by atomic mass is 19.1. The molecule has 3 N–H and O–H groups in total. The van der Waals surface area contributed by atoms with Gasteiger partial charge in [-0.3, -0.25) is 4.79 Å². The van der Waals surface area contributed by atoms with Gasteiger partial charge in [0.25, 0.3) is 0 Å². The summed E-state index contributed by atoms with van der Waals surface area (Å²) in [6, 6.07) is 3.69. The Morgan fingerprint density at radius 2 is 2.28 bits per heavy atom. The van der Waals surface area contributed by atoms with Crippen LogP contribution >= 0.6 is 0 Å². The third-order valence-electron chi connectivity index (χ3n) is 3.00. The molecule has 1 amide bonds. The van der Waals surface area contributed by atoms with Gasteiger partial charge >= 0.3 is 0 Å². The number of carbonyl (C=O) groups excluding carboxylic acids is 1. The molecule has 0 saturated carbocycles. The molecular formula is C12H15FN2O3. The highest BCUT2D eigenvalue weighted by molar-refractivity contribution is 5.93. The van der Waals surface area contributed by atoms with Crippen LogP contribution in [0.4, 0.5) is 10.1 Å². The molecule has 1 aromatic carbocycles. The number of hydrogen-bond acceptors (Lipinski definition) is 4. The lowest BCUT2D eigenvalue weighted by Crippen LogP contribution is -2.39. The van der Waals surface area contributed by atoms with Gasteiger partial charge in [-0.1, -0.05) is 0 Å². The van der Waals surface area contributed by atoms with Gasteiger partial charge in [0, 0.05) is 17.8 Å². The first-order chi connectivity index (χ1) is 8.61. The van der Waals surface area contributed by atoms with Gasteiger partial charge < -0.3 is 20.5 Å². The molecule has 2 rings (SSSR count). The fraction of sp³-hybridized carbons (Fsp3) is 0.417. The summed E-state index contributed by atoms with van der Waals surface area (Å²) in [7, 11) is 1.76. The van der Waals surface area contributed by atoms with Gasteiger partial charge in [0.1, 0.15) is 0 Å². The van der Waals surface area contributed by atoms with E-state index >= 15 is 0 Å². The largest absolute Gasteiger partial charge is 0.505 e. The number of carbonyl (C=O) groups is 1. The molecule has 0 radical (unpaired) electrons. The number of benzene rings is 1. The van der Waals surface area contributed by atoms with Gasteiger partial charge in [0.2, 0.25) is 5.91 Å². The molecule has 98 valence electrons. The van der Waals surface area contributed by atoms with E-state index in [1.54, 1.807) is 7.05 Å². The maximum absolute atomic E-state index is 13.1. The van der Waals surface area contributed by atoms with E-state index < -0.39 is 11.6 Å². The molecule has 5 nitrogen and oxygen atoms in total. The predicted molar refractivity (Wildman–Crippen MR) is 63.9 cm³/mol. The molecule has 0 bridgehead atoms. The van der Waals surface area contributed by atoms with Crippen LogP contribution in [0.2, 0.25) is 0 Å². The van der Waals surface area contributed by atoms with E-state index in [-0.39, 0.29) is 17.9 Å². The van der Waals surface area contributed by atoms with E-state index in [1.807, 2.05) is 0 Å². The second kappa shape index (κ2) is 5.32. The summed E-state index contributed by atoms with van der Waals surface area (Å²) in [5.41, 5.74) is 0.317. The van der Waals surface area contributed by atoms with Crippen molar-refractivity contribution in [2.24, 2.45) is 5.92 Å². The lowest BCUT2D eigenvalue weighted by atomic mass is 10.0. The number of aromatic hydroxyl groups is 1. The lowest BCUT2D eigenvalue weighted by Gasteiger charge is -2.16. The Kier molecular flexibility index (Phi) is 3.78. The molecule has 1 aromatic rings. The van der Waals surface area contributed by atoms with Crippen molar-refractivity contribution in [1.82, 2.24) is 5.32 Å². The smallest absolute Gasteiger partial charge is 0.231 e. The Morgan fingerprint density at radius 3 is 2.94 bits per heavy atom. The second-order valence-corrected chi connectivity index (χ2v) is 4.19. The summed E-state index contributed by atoms with van der Waals surface area (Å²) in [4.78, 5) is 12.0. The van der Waals surface area contributed by atoms with Crippen LogP contribution in [0.3, 0.4) is 0 Å². The van der Waals surface area contributed by atoms with Crippen molar-refractivity contribution in [2.75, 3.05) is 25.6 Å². The number of hydrogen-bond donors (Lipinski definition) is 3. The maximum Gasteiger partial charge on any atom is 0.231 e. The first-order valence-corrected chi connectivity index (χ1v) is 5.66. The second-order valence-electron chi connectivity index (χ2n) is 4.19. The highest BCUT2D eigenvalue weighted by Gasteiger charge is 2.32. The van der Waals surface area contributed by atoms with Gasteiger partial charge in [-0.25, -0.2) is 4.39 Å². The summed E-state index contributed by atoms with van der Waals surface area (Å²) in [5.74, 6) is -1.73. The van der Waals surface area contributed by atoms with Crippen LogP contribution in [-0.4, -0.2) is 37.3 Å². The van der Waals surface area contributed by atoms with Crippen molar-refractivity contribution in [1.29, 1.82) is 0 Å². The summed E-state index contributed by atoms with van der Waals surface area (Å²) >= 11 is 0. The van der Waals surface area contributed by atoms with E-state index in [9.17, 15) is 9.18 Å². The van der Waals surface area contributed by atoms with Gasteiger partial charge in [0.05, 0.1) is 19.1 Å². The van der Waals surface area contributed by atoms with E-state index in [2.05, 4.69) is 10.6 Å². The number of phenolic OH excluding ortho intramolecular Hbond substituents is 1. The van der Waals surface area contributed by atoms with Crippen molar-refractivity contribution >= 4 is 11.6 Å². The zero-order chi connectivity index (χ0) is 13.1. The van der Waals surface area contributed by atoms with Crippen molar-refractivity contribution < 1.29 is 19.0 Å². The Hall–Kier alpha value is -1.66. The van der Waals surface area contributed by atoms with Gasteiger partial charge in [0.15, 0.2) is 11.6 Å². The van der Waals surface area contributed by atoms with Crippen LogP contribution in [0.25, 0.3) is 0 Å². The molecule has 1 saturated heterocycles. The minimum atomic E-state index is -0.763. The molecule has 18 heavy (non-hydrogen) atoms. The average Bonchev–Trinajstić information content (AvgIpc) is 2.82. The van der Waals surface area contributed by atoms with Crippen LogP contribution in [-0.2, 0) is 9.53 Å². The summed E-state index contributed by atoms with van der Waals surface area (Å²) in [6.45, 7) is 0.830. The van der Waals surface area contributed by atoms with Crippen LogP contribution in [0.15, 0.2) is 18.2 Å². The van der Waals surface area contributed by atoms with Crippen LogP contribution in [0, 0.1) is 11.7 Å². The number of anilines is 1. The first-order valence-electron chi connectivity index (χ1n) is 5.66. The number of amides is 1. The molecule has 1 fully saturated rings. The van der Waals surface area contributed by atoms with E-state index in [0.29, 0.717) is 18.9 Å². The number of phenols is 1. The Bertz CT molecular complexity index is 453. The fourth-order valence-electron chi connectivity index (χ4n) is 1.92. The lowest BCUT2D eigenvalue weighted by molar-refractivity contribution is -0.120. The predicted octanol–water partition coefficient (Wildman–Crippen LogP) is 0.704. The van der Waals surface area contributed by atoms with Gasteiger partial charge in [-0.15, -0.1) is 0 Å². The Morgan fingerprint density at radius 1 is 1.50 bits per heavy atom. The molecule has 2 unspecified atom stereocenters. The molecule has 0 aliphatic carbocycles. The molecule has 6 heteroatoms. The topological polar surface area (TPSA) is 70.6 Å². The Balaban J connectivity index is 2.04. The van der Waals surface area contributed by atoms with Crippen molar-refractivity contribution in [3.63, 3.8) is 0 Å². The maximum atomic E-state index is 13.1. The van der Waals surface area contributed by atoms with Crippen LogP contribution < -0.4 is 10.6 Å². The minimum Gasteiger partial charge on any atom is -0.505 e. The van der Waals surface area contributed by atoms with Crippen molar-refractivity contribution in [2.45, 2.75) is 6.04 Å². The van der Waals surface area contributed by atoms with E-state index in [0.717, 1.165) is 6.07 Å². The van der Waals surface area contributed by atoms with Crippen LogP contribution in [0.1, 0.15) is 0 Å². The SMILES string of the molecule is CNC1COCC1C(=O)Nc1ccc(O)c(F)c1. The molecule has 1 aliphatic rings. The van der Waals surface area contributed by atoms with Gasteiger partial charge in [-0.2, -0.15) is 0 Å². The zero-order valence-corrected chi connectivity index (χ0v) is 9.94. The van der Waals surface area contributed by atoms with Gasteiger partial charge in [-0.05, 0) is 19.2 Å². The number of likely N-dealkylation sites (N-methyl/N-ethyl adjacent to an activating group) is 1. The highest BCUT2D eigenvalue weighted by Crippen LogP contribution is 2.21. The number of nitrogens with one attached hydrogen (secondary N) is 2. The van der Waals surface area contributed by atoms with Crippen LogP contribution in [0.5, 0.6) is 5.75 Å². The molecule has 1 heterocycles. The number of rotatable bonds is 3. The third kappa shape index (κ3) is 2.60. The third-order valence-corrected chi connectivity index (χ3v) is 3.00. The molecule has 0 aromatic heterocycles. The summed E-state index contributed by atoms with van der Waals surface area (Å²) in [5, 5.41) is 14.7. The van der Waals surface area contributed by atoms with Crippen molar-refractivity contribution in [3.05, 3.63) is 24.0 Å². The fourth-order valence-corrected chi connectivity index (χ4v) is 1.92. The minimum absolute atomic E-state index is 0.0352. The standard InChI is InChI=1S/C12H15FN2O3/c1-14-10-6-18-5-8(10)12(17)15-7-2-3-11(16)9(13)4-7/h2-4,8,10,14,16H,5-6H2,1H3,(H,15,17). The summed E-state index contributed by atoms with van der Waals surface area (Å²) < 4.78 is 18.3. The van der Waals surface area contributed by atoms with E-state index in [1.165, 1.54) is 12.1 Å². The van der Waals surface area contributed by atoms with E-state index in [4.69, 9.17) is 9.84 Å². The molecule has 2 atom stereocenters. The molecule has 1 aliphatic heterocycles. The Labute approximate surface area is 104 Å². The monoisotopic (exact) mass is 254 g/mol. The summed E-state index contributed by atoms with van der Waals surface area (Å²) in [6.07, 6.45) is 0. The normalized spacial score (nSPS) is 23.0. The quantitative estimate of drug-likeness (QED) is 0.695. The molecule has 0 spiro atoms. The van der Waals surface area contributed by atoms with Crippen molar-refractivity contribution in [3.8, 4) is 5.75 Å². The number of ether oxygens (including phenoxy) is 1. The number of halogens is 1. The first kappa shape index (κ1) is 12.8.